The van der Waals surface area contributed by atoms with Gasteiger partial charge in [-0.3, -0.25) is 9.59 Å². The number of carbonyl (C=O) groups is 1. The first-order valence-corrected chi connectivity index (χ1v) is 14.5. The number of azo groups is 1. The lowest BCUT2D eigenvalue weighted by Crippen LogP contribution is -2.45. The molecule has 4 aromatic rings. The van der Waals surface area contributed by atoms with Crippen LogP contribution in [0, 0.1) is 0 Å². The van der Waals surface area contributed by atoms with E-state index in [0.29, 0.717) is 11.3 Å². The van der Waals surface area contributed by atoms with Gasteiger partial charge < -0.3 is 34.9 Å². The smallest absolute Gasteiger partial charge is 0.243 e. The number of benzene rings is 3. The molecule has 0 fully saturated rings. The quantitative estimate of drug-likeness (QED) is 0.157. The molecule has 1 aromatic heterocycles. The number of amides is 1. The van der Waals surface area contributed by atoms with E-state index < -0.39 is 48.2 Å². The van der Waals surface area contributed by atoms with Crippen LogP contribution in [0.3, 0.4) is 0 Å². The van der Waals surface area contributed by atoms with Gasteiger partial charge in [0.25, 0.3) is 0 Å². The molecule has 0 aliphatic heterocycles. The summed E-state index contributed by atoms with van der Waals surface area (Å²) in [5, 5.41) is 58.4. The first-order chi connectivity index (χ1) is 17.3. The van der Waals surface area contributed by atoms with Gasteiger partial charge in [0, 0.05) is 23.8 Å². The summed E-state index contributed by atoms with van der Waals surface area (Å²) in [6.07, 6.45) is 0. The van der Waals surface area contributed by atoms with Crippen molar-refractivity contribution in [1.82, 2.24) is 4.98 Å². The third-order valence-electron chi connectivity index (χ3n) is 5.16. The second-order valence-electron chi connectivity index (χ2n) is 9.26. The second kappa shape index (κ2) is 9.31. The van der Waals surface area contributed by atoms with Crippen LogP contribution < -0.4 is 10.4 Å². The van der Waals surface area contributed by atoms with E-state index in [1.165, 1.54) is 0 Å². The van der Waals surface area contributed by atoms with Gasteiger partial charge in [0.1, 0.15) is 47.9 Å². The molecule has 3 aromatic carbocycles. The van der Waals surface area contributed by atoms with Crippen LogP contribution in [-0.4, -0.2) is 39.7 Å². The molecule has 0 saturated heterocycles. The monoisotopic (exact) mass is 521 g/mol. The van der Waals surface area contributed by atoms with E-state index in [1.54, 1.807) is 24.3 Å². The van der Waals surface area contributed by atoms with Gasteiger partial charge in [-0.15, -0.1) is 5.11 Å². The van der Waals surface area contributed by atoms with Crippen molar-refractivity contribution < 1.29 is 34.7 Å². The minimum atomic E-state index is -1.81. The van der Waals surface area contributed by atoms with Crippen LogP contribution in [0.15, 0.2) is 68.0 Å². The fourth-order valence-electron chi connectivity index (χ4n) is 3.49. The number of rotatable bonds is 5. The minimum Gasteiger partial charge on any atom is -0.508 e. The molecule has 0 spiro atoms. The third kappa shape index (κ3) is 5.23. The molecule has 0 atom stereocenters. The van der Waals surface area contributed by atoms with E-state index in [2.05, 4.69) is 15.2 Å². The fourth-order valence-corrected chi connectivity index (χ4v) is 4.31. The number of phenolic OH excluding ortho intramolecular Hbond substituents is 4. The van der Waals surface area contributed by atoms with Gasteiger partial charge in [-0.05, 0) is 30.3 Å². The van der Waals surface area contributed by atoms with E-state index in [4.69, 9.17) is 4.42 Å². The normalized spacial score (nSPS) is 11.8. The second-order valence-corrected chi connectivity index (χ2v) is 14.0. The summed E-state index contributed by atoms with van der Waals surface area (Å²) >= 11 is 0. The zero-order valence-electron chi connectivity index (χ0n) is 20.0. The van der Waals surface area contributed by atoms with Crippen molar-refractivity contribution in [1.29, 1.82) is 0 Å². The molecular formula is C25H23N3O8Si. The fraction of sp³-hybridized carbons (Fsp3) is 0.120. The molecule has 0 saturated carbocycles. The molecule has 1 heterocycles. The van der Waals surface area contributed by atoms with Gasteiger partial charge in [0.15, 0.2) is 5.76 Å². The highest BCUT2D eigenvalue weighted by Gasteiger charge is 2.22. The number of carbonyl (C=O) groups excluding carboxylic acids is 1. The Morgan fingerprint density at radius 3 is 2.19 bits per heavy atom. The molecule has 12 heteroatoms. The van der Waals surface area contributed by atoms with Crippen molar-refractivity contribution in [2.24, 2.45) is 10.2 Å². The first-order valence-electron chi connectivity index (χ1n) is 11.0. The molecule has 11 nitrogen and oxygen atoms in total. The molecule has 4 rings (SSSR count). The number of hydrogen-bond donors (Lipinski definition) is 6. The molecule has 0 aliphatic rings. The summed E-state index contributed by atoms with van der Waals surface area (Å²) in [5.74, 6) is -3.57. The maximum absolute atomic E-state index is 12.6. The van der Waals surface area contributed by atoms with Crippen LogP contribution in [0.5, 0.6) is 28.7 Å². The Kier molecular flexibility index (Phi) is 6.36. The van der Waals surface area contributed by atoms with Crippen LogP contribution in [0.4, 0.5) is 11.4 Å². The Bertz CT molecular complexity index is 1620. The highest BCUT2D eigenvalue weighted by atomic mass is 28.3. The van der Waals surface area contributed by atoms with Crippen molar-refractivity contribution in [2.45, 2.75) is 19.6 Å². The van der Waals surface area contributed by atoms with Crippen molar-refractivity contribution >= 4 is 36.5 Å². The zero-order valence-corrected chi connectivity index (χ0v) is 21.0. The molecule has 190 valence electrons. The maximum atomic E-state index is 12.6. The summed E-state index contributed by atoms with van der Waals surface area (Å²) < 4.78 is 5.51. The third-order valence-corrected chi connectivity index (χ3v) is 6.14. The average molecular weight is 522 g/mol. The lowest BCUT2D eigenvalue weighted by Gasteiger charge is -2.17. The van der Waals surface area contributed by atoms with Gasteiger partial charge in [-0.2, -0.15) is 5.11 Å². The molecule has 1 amide bonds. The number of aromatic hydroxyl groups is 5. The van der Waals surface area contributed by atoms with Gasteiger partial charge in [-0.25, -0.2) is 0 Å². The predicted molar refractivity (Wildman–Crippen MR) is 138 cm³/mol. The van der Waals surface area contributed by atoms with Crippen molar-refractivity contribution in [3.05, 3.63) is 64.3 Å². The highest BCUT2D eigenvalue weighted by Crippen LogP contribution is 2.43. The molecule has 0 unspecified atom stereocenters. The molecule has 0 bridgehead atoms. The molecule has 0 radical (unpaired) electrons. The van der Waals surface area contributed by atoms with Gasteiger partial charge in [-0.1, -0.05) is 19.6 Å². The Morgan fingerprint density at radius 1 is 0.865 bits per heavy atom. The van der Waals surface area contributed by atoms with Gasteiger partial charge in [0.05, 0.1) is 11.3 Å². The van der Waals surface area contributed by atoms with E-state index in [-0.39, 0.29) is 28.1 Å². The first kappa shape index (κ1) is 25.3. The molecule has 6 N–H and O–H groups in total. The van der Waals surface area contributed by atoms with E-state index in [9.17, 15) is 35.1 Å². The lowest BCUT2D eigenvalue weighted by molar-refractivity contribution is 0.0978. The predicted octanol–water partition coefficient (Wildman–Crippen LogP) is 4.97. The van der Waals surface area contributed by atoms with Crippen molar-refractivity contribution in [3.8, 4) is 40.1 Å². The van der Waals surface area contributed by atoms with Crippen LogP contribution in [0.25, 0.3) is 22.3 Å². The largest absolute Gasteiger partial charge is 0.508 e. The van der Waals surface area contributed by atoms with Gasteiger partial charge in [0.2, 0.25) is 17.1 Å². The Balaban J connectivity index is 1.71. The zero-order chi connectivity index (χ0) is 27.1. The standard InChI is InChI=1S/C25H23N3O8Si/c1-37(2,3)28-25(35)12-4-6-13(7-5-12)26-27-16-10-15(17(30)11-18(16)31)24-23(34)22(33)21-19(32)8-14(29)9-20(21)36-24/h4-11,29-32,34H,1-3H3,(H,28,35). The van der Waals surface area contributed by atoms with E-state index in [1.807, 2.05) is 19.6 Å². The minimum absolute atomic E-state index is 0.130. The van der Waals surface area contributed by atoms with Crippen molar-refractivity contribution in [3.63, 3.8) is 0 Å². The summed E-state index contributed by atoms with van der Waals surface area (Å²) in [4.78, 5) is 27.9. The number of phenols is 4. The number of nitrogens with one attached hydrogen (secondary N) is 1. The van der Waals surface area contributed by atoms with Gasteiger partial charge >= 0.3 is 0 Å². The summed E-state index contributed by atoms with van der Waals surface area (Å²) in [6.45, 7) is 6.01. The van der Waals surface area contributed by atoms with Crippen LogP contribution in [0.2, 0.25) is 19.6 Å². The summed E-state index contributed by atoms with van der Waals surface area (Å²) in [6, 6.07) is 10.3. The SMILES string of the molecule is C[Si](C)(C)NC(=O)c1ccc(N=Nc2cc(-c3oc4cc(O)cc(O)c4c(=O)c3O)c(O)cc2O)cc1. The Labute approximate surface area is 210 Å². The van der Waals surface area contributed by atoms with Crippen LogP contribution in [-0.2, 0) is 0 Å². The van der Waals surface area contributed by atoms with E-state index in [0.717, 1.165) is 24.3 Å². The topological polar surface area (TPSA) is 185 Å². The summed E-state index contributed by atoms with van der Waals surface area (Å²) in [5.41, 5.74) is -0.759. The number of fused-ring (bicyclic) bond motifs is 1. The highest BCUT2D eigenvalue weighted by molar-refractivity contribution is 6.76. The summed E-state index contributed by atoms with van der Waals surface area (Å²) in [7, 11) is -1.81. The van der Waals surface area contributed by atoms with Crippen LogP contribution >= 0.6 is 0 Å². The molecule has 37 heavy (non-hydrogen) atoms. The Hall–Kier alpha value is -4.84. The molecule has 0 aliphatic carbocycles. The van der Waals surface area contributed by atoms with Crippen LogP contribution in [0.1, 0.15) is 10.4 Å². The van der Waals surface area contributed by atoms with E-state index >= 15 is 0 Å². The Morgan fingerprint density at radius 2 is 1.54 bits per heavy atom. The average Bonchev–Trinajstić information content (AvgIpc) is 2.80. The number of hydrogen-bond acceptors (Lipinski definition) is 10. The van der Waals surface area contributed by atoms with Crippen molar-refractivity contribution in [2.75, 3.05) is 0 Å². The number of nitrogens with zero attached hydrogens (tertiary/aromatic N) is 2. The lowest BCUT2D eigenvalue weighted by atomic mass is 10.1. The maximum Gasteiger partial charge on any atom is 0.243 e. The molecular weight excluding hydrogens is 498 g/mol.